The summed E-state index contributed by atoms with van der Waals surface area (Å²) in [6, 6.07) is 2.40. The van der Waals surface area contributed by atoms with Gasteiger partial charge in [-0.05, 0) is 51.5 Å². The molecule has 20 heavy (non-hydrogen) atoms. The molecule has 2 aromatic heterocycles. The van der Waals surface area contributed by atoms with E-state index in [0.29, 0.717) is 6.04 Å². The van der Waals surface area contributed by atoms with Crippen LogP contribution in [0.5, 0.6) is 0 Å². The molecule has 2 heterocycles. The molecule has 0 bridgehead atoms. The Balaban J connectivity index is 2.13. The van der Waals surface area contributed by atoms with E-state index >= 15 is 0 Å². The van der Waals surface area contributed by atoms with Gasteiger partial charge in [0.2, 0.25) is 0 Å². The van der Waals surface area contributed by atoms with Gasteiger partial charge in [-0.15, -0.1) is 0 Å². The van der Waals surface area contributed by atoms with E-state index < -0.39 is 0 Å². The Hall–Kier alpha value is -1.42. The number of imidazole rings is 1. The van der Waals surface area contributed by atoms with Crippen molar-refractivity contribution in [1.29, 1.82) is 0 Å². The second kappa shape index (κ2) is 4.85. The fourth-order valence-corrected chi connectivity index (χ4v) is 3.33. The number of fused-ring (bicyclic) bond motifs is 1. The van der Waals surface area contributed by atoms with Gasteiger partial charge < -0.3 is 10.3 Å². The molecule has 1 saturated carbocycles. The fraction of sp³-hybridized carbons (Fsp3) is 0.625. The molecular formula is C16H24N4. The number of nitrogens with two attached hydrogens (primary N) is 1. The van der Waals surface area contributed by atoms with Gasteiger partial charge in [-0.1, -0.05) is 6.92 Å². The summed E-state index contributed by atoms with van der Waals surface area (Å²) in [5, 5.41) is 0. The maximum Gasteiger partial charge on any atom is 0.130 e. The van der Waals surface area contributed by atoms with Crippen molar-refractivity contribution in [3.05, 3.63) is 24.3 Å². The lowest BCUT2D eigenvalue weighted by Gasteiger charge is -2.36. The van der Waals surface area contributed by atoms with Gasteiger partial charge in [0.1, 0.15) is 11.3 Å². The molecule has 3 rings (SSSR count). The van der Waals surface area contributed by atoms with Crippen LogP contribution in [0, 0.1) is 5.92 Å². The van der Waals surface area contributed by atoms with Crippen molar-refractivity contribution in [1.82, 2.24) is 14.5 Å². The third kappa shape index (κ3) is 2.12. The molecule has 0 saturated heterocycles. The summed E-state index contributed by atoms with van der Waals surface area (Å²) >= 11 is 0. The molecule has 0 radical (unpaired) electrons. The van der Waals surface area contributed by atoms with Gasteiger partial charge in [0.15, 0.2) is 0 Å². The molecular weight excluding hydrogens is 248 g/mol. The molecule has 0 aromatic carbocycles. The van der Waals surface area contributed by atoms with E-state index in [-0.39, 0.29) is 5.54 Å². The van der Waals surface area contributed by atoms with Crippen LogP contribution in [0.4, 0.5) is 0 Å². The zero-order chi connectivity index (χ0) is 14.3. The van der Waals surface area contributed by atoms with E-state index in [2.05, 4.69) is 30.3 Å². The number of nitrogens with zero attached hydrogens (tertiary/aromatic N) is 3. The Kier molecular flexibility index (Phi) is 3.28. The van der Waals surface area contributed by atoms with E-state index in [4.69, 9.17) is 10.7 Å². The van der Waals surface area contributed by atoms with Crippen LogP contribution in [0.3, 0.4) is 0 Å². The average Bonchev–Trinajstić information content (AvgIpc) is 2.82. The zero-order valence-electron chi connectivity index (χ0n) is 12.6. The molecule has 4 heteroatoms. The van der Waals surface area contributed by atoms with E-state index in [0.717, 1.165) is 35.6 Å². The highest BCUT2D eigenvalue weighted by atomic mass is 15.1. The largest absolute Gasteiger partial charge is 0.324 e. The molecule has 0 amide bonds. The topological polar surface area (TPSA) is 56.7 Å². The second-order valence-electron chi connectivity index (χ2n) is 6.60. The highest BCUT2D eigenvalue weighted by molar-refractivity contribution is 5.75. The molecule has 0 spiro atoms. The summed E-state index contributed by atoms with van der Waals surface area (Å²) in [7, 11) is 0. The van der Waals surface area contributed by atoms with Crippen molar-refractivity contribution >= 4 is 11.0 Å². The highest BCUT2D eigenvalue weighted by Crippen LogP contribution is 2.38. The van der Waals surface area contributed by atoms with Crippen LogP contribution in [0.2, 0.25) is 0 Å². The maximum absolute atomic E-state index is 6.74. The highest BCUT2D eigenvalue weighted by Gasteiger charge is 2.36. The first kappa shape index (κ1) is 13.6. The van der Waals surface area contributed by atoms with Gasteiger partial charge in [-0.2, -0.15) is 0 Å². The molecule has 2 N–H and O–H groups in total. The molecule has 108 valence electrons. The quantitative estimate of drug-likeness (QED) is 0.911. The Morgan fingerprint density at radius 2 is 2.05 bits per heavy atom. The molecule has 0 unspecified atom stereocenters. The van der Waals surface area contributed by atoms with Gasteiger partial charge in [-0.3, -0.25) is 4.98 Å². The predicted molar refractivity (Wildman–Crippen MR) is 81.4 cm³/mol. The summed E-state index contributed by atoms with van der Waals surface area (Å²) in [6.07, 6.45) is 8.10. The number of rotatable bonds is 2. The maximum atomic E-state index is 6.74. The normalized spacial score (nSPS) is 27.4. The lowest BCUT2D eigenvalue weighted by molar-refractivity contribution is 0.229. The summed E-state index contributed by atoms with van der Waals surface area (Å²) in [5.41, 5.74) is 8.56. The van der Waals surface area contributed by atoms with E-state index in [1.165, 1.54) is 12.8 Å². The number of aromatic nitrogens is 3. The first-order valence-corrected chi connectivity index (χ1v) is 7.62. The summed E-state index contributed by atoms with van der Waals surface area (Å²) in [4.78, 5) is 9.02. The standard InChI is InChI=1S/C16H24N4/c1-11(2)20-14-6-9-18-10-13(14)19-15(20)16(17)7-4-12(3)5-8-16/h6,9-12H,4-5,7-8,17H2,1-3H3. The molecule has 1 fully saturated rings. The Morgan fingerprint density at radius 3 is 2.70 bits per heavy atom. The Labute approximate surface area is 120 Å². The fourth-order valence-electron chi connectivity index (χ4n) is 3.33. The minimum absolute atomic E-state index is 0.282. The van der Waals surface area contributed by atoms with E-state index in [1.54, 1.807) is 0 Å². The van der Waals surface area contributed by atoms with Crippen molar-refractivity contribution in [2.24, 2.45) is 11.7 Å². The minimum Gasteiger partial charge on any atom is -0.324 e. The first-order chi connectivity index (χ1) is 9.51. The van der Waals surface area contributed by atoms with Gasteiger partial charge in [-0.25, -0.2) is 4.98 Å². The van der Waals surface area contributed by atoms with Gasteiger partial charge in [0.25, 0.3) is 0 Å². The molecule has 1 aliphatic rings. The molecule has 0 atom stereocenters. The van der Waals surface area contributed by atoms with Crippen molar-refractivity contribution < 1.29 is 0 Å². The minimum atomic E-state index is -0.282. The zero-order valence-corrected chi connectivity index (χ0v) is 12.6. The van der Waals surface area contributed by atoms with Crippen molar-refractivity contribution in [3.8, 4) is 0 Å². The monoisotopic (exact) mass is 272 g/mol. The van der Waals surface area contributed by atoms with Crippen molar-refractivity contribution in [2.75, 3.05) is 0 Å². The van der Waals surface area contributed by atoms with Crippen LogP contribution in [0.1, 0.15) is 58.3 Å². The lowest BCUT2D eigenvalue weighted by Crippen LogP contribution is -2.42. The molecule has 2 aromatic rings. The van der Waals surface area contributed by atoms with Gasteiger partial charge in [0.05, 0.1) is 17.3 Å². The lowest BCUT2D eigenvalue weighted by atomic mass is 9.77. The average molecular weight is 272 g/mol. The smallest absolute Gasteiger partial charge is 0.130 e. The number of hydrogen-bond donors (Lipinski definition) is 1. The summed E-state index contributed by atoms with van der Waals surface area (Å²) in [5.74, 6) is 1.83. The van der Waals surface area contributed by atoms with Crippen LogP contribution < -0.4 is 5.73 Å². The second-order valence-corrected chi connectivity index (χ2v) is 6.60. The first-order valence-electron chi connectivity index (χ1n) is 7.62. The summed E-state index contributed by atoms with van der Waals surface area (Å²) < 4.78 is 2.30. The van der Waals surface area contributed by atoms with Crippen LogP contribution >= 0.6 is 0 Å². The number of pyridine rings is 1. The van der Waals surface area contributed by atoms with E-state index in [9.17, 15) is 0 Å². The van der Waals surface area contributed by atoms with Crippen molar-refractivity contribution in [2.45, 2.75) is 58.0 Å². The molecule has 0 aliphatic heterocycles. The van der Waals surface area contributed by atoms with Crippen LogP contribution in [0.15, 0.2) is 18.5 Å². The molecule has 4 nitrogen and oxygen atoms in total. The third-order valence-electron chi connectivity index (χ3n) is 4.62. The van der Waals surface area contributed by atoms with Crippen LogP contribution in [-0.2, 0) is 5.54 Å². The predicted octanol–water partition coefficient (Wildman–Crippen LogP) is 3.38. The Bertz CT molecular complexity index is 606. The van der Waals surface area contributed by atoms with Gasteiger partial charge in [0, 0.05) is 12.2 Å². The summed E-state index contributed by atoms with van der Waals surface area (Å²) in [6.45, 7) is 6.70. The third-order valence-corrected chi connectivity index (χ3v) is 4.62. The Morgan fingerprint density at radius 1 is 1.35 bits per heavy atom. The van der Waals surface area contributed by atoms with Crippen molar-refractivity contribution in [3.63, 3.8) is 0 Å². The van der Waals surface area contributed by atoms with Gasteiger partial charge >= 0.3 is 0 Å². The van der Waals surface area contributed by atoms with Crippen LogP contribution in [-0.4, -0.2) is 14.5 Å². The molecule has 1 aliphatic carbocycles. The van der Waals surface area contributed by atoms with E-state index in [1.807, 2.05) is 18.5 Å². The number of hydrogen-bond acceptors (Lipinski definition) is 3. The van der Waals surface area contributed by atoms with Crippen LogP contribution in [0.25, 0.3) is 11.0 Å². The SMILES string of the molecule is CC1CCC(N)(c2nc3cnccc3n2C(C)C)CC1.